The third kappa shape index (κ3) is 3.78. The van der Waals surface area contributed by atoms with Crippen molar-refractivity contribution in [3.63, 3.8) is 0 Å². The molecule has 160 valence electrons. The van der Waals surface area contributed by atoms with E-state index >= 15 is 0 Å². The van der Waals surface area contributed by atoms with Gasteiger partial charge in [0.25, 0.3) is 5.91 Å². The fraction of sp³-hybridized carbons (Fsp3) is 0.545. The van der Waals surface area contributed by atoms with Gasteiger partial charge in [-0.15, -0.1) is 0 Å². The molecule has 2 N–H and O–H groups in total. The van der Waals surface area contributed by atoms with Crippen LogP contribution in [0.2, 0.25) is 0 Å². The van der Waals surface area contributed by atoms with Crippen LogP contribution in [0.25, 0.3) is 0 Å². The molecule has 0 aromatic heterocycles. The highest BCUT2D eigenvalue weighted by Gasteiger charge is 2.52. The smallest absolute Gasteiger partial charge is 0.324 e. The quantitative estimate of drug-likeness (QED) is 0.727. The number of rotatable bonds is 5. The Hall–Kier alpha value is -2.90. The van der Waals surface area contributed by atoms with Crippen LogP contribution >= 0.6 is 0 Å². The van der Waals surface area contributed by atoms with Crippen LogP contribution in [0.4, 0.5) is 16.2 Å². The molecule has 5 amide bonds. The summed E-state index contributed by atoms with van der Waals surface area (Å²) in [6, 6.07) is 6.56. The van der Waals surface area contributed by atoms with Crippen LogP contribution in [-0.2, 0) is 14.4 Å². The fourth-order valence-electron chi connectivity index (χ4n) is 4.75. The number of urea groups is 1. The molecular formula is C22H28N4O4. The molecule has 1 aromatic rings. The molecule has 1 saturated carbocycles. The highest BCUT2D eigenvalue weighted by molar-refractivity contribution is 6.10. The first-order valence-corrected chi connectivity index (χ1v) is 10.8. The van der Waals surface area contributed by atoms with E-state index in [4.69, 9.17) is 0 Å². The Balaban J connectivity index is 1.39. The van der Waals surface area contributed by atoms with Gasteiger partial charge in [-0.1, -0.05) is 19.4 Å². The minimum atomic E-state index is -0.848. The Morgan fingerprint density at radius 2 is 2.00 bits per heavy atom. The van der Waals surface area contributed by atoms with Crippen LogP contribution in [0.1, 0.15) is 51.9 Å². The van der Waals surface area contributed by atoms with E-state index < -0.39 is 17.5 Å². The molecule has 1 aliphatic carbocycles. The Kier molecular flexibility index (Phi) is 5.49. The number of nitrogens with zero attached hydrogens (tertiary/aromatic N) is 2. The van der Waals surface area contributed by atoms with Crippen molar-refractivity contribution < 1.29 is 19.2 Å². The molecule has 30 heavy (non-hydrogen) atoms. The summed E-state index contributed by atoms with van der Waals surface area (Å²) in [6.45, 7) is 2.49. The van der Waals surface area contributed by atoms with Gasteiger partial charge < -0.3 is 15.5 Å². The zero-order valence-corrected chi connectivity index (χ0v) is 17.3. The third-order valence-electron chi connectivity index (χ3n) is 6.60. The van der Waals surface area contributed by atoms with Crippen molar-refractivity contribution in [3.05, 3.63) is 24.3 Å². The number of carbonyl (C=O) groups excluding carboxylic acids is 4. The molecular weight excluding hydrogens is 384 g/mol. The van der Waals surface area contributed by atoms with Crippen LogP contribution in [0.3, 0.4) is 0 Å². The van der Waals surface area contributed by atoms with Gasteiger partial charge in [0.05, 0.1) is 0 Å². The van der Waals surface area contributed by atoms with E-state index in [2.05, 4.69) is 17.6 Å². The molecule has 4 rings (SSSR count). The van der Waals surface area contributed by atoms with E-state index in [1.165, 1.54) is 0 Å². The maximum atomic E-state index is 13.0. The number of benzene rings is 1. The van der Waals surface area contributed by atoms with Gasteiger partial charge in [0.2, 0.25) is 11.8 Å². The summed E-state index contributed by atoms with van der Waals surface area (Å²) in [6.07, 6.45) is 5.49. The summed E-state index contributed by atoms with van der Waals surface area (Å²) < 4.78 is 0. The number of anilines is 2. The standard InChI is InChI=1S/C22H28N4O4/c1-2-15-8-10-22(11-9-15)20(29)26(21(30)24-22)14-18(27)23-16-5-3-6-17(13-16)25-12-4-7-19(25)28/h3,5-6,13,15H,2,4,7-12,14H2,1H3,(H,23,27)(H,24,30). The second-order valence-corrected chi connectivity index (χ2v) is 8.50. The lowest BCUT2D eigenvalue weighted by atomic mass is 9.75. The normalized spacial score (nSPS) is 26.4. The number of nitrogens with one attached hydrogen (secondary N) is 2. The molecule has 1 aromatic carbocycles. The van der Waals surface area contributed by atoms with Crippen LogP contribution < -0.4 is 15.5 Å². The van der Waals surface area contributed by atoms with Gasteiger partial charge in [0.15, 0.2) is 0 Å². The monoisotopic (exact) mass is 412 g/mol. The molecule has 0 atom stereocenters. The SMILES string of the molecule is CCC1CCC2(CC1)NC(=O)N(CC(=O)Nc1cccc(N3CCCC3=O)c1)C2=O. The topological polar surface area (TPSA) is 98.8 Å². The molecule has 3 aliphatic rings. The van der Waals surface area contributed by atoms with Crippen molar-refractivity contribution >= 4 is 35.1 Å². The zero-order valence-electron chi connectivity index (χ0n) is 17.3. The van der Waals surface area contributed by atoms with E-state index in [-0.39, 0.29) is 18.4 Å². The first-order chi connectivity index (χ1) is 14.4. The van der Waals surface area contributed by atoms with Crippen molar-refractivity contribution in [2.24, 2.45) is 5.92 Å². The second-order valence-electron chi connectivity index (χ2n) is 8.50. The van der Waals surface area contributed by atoms with Crippen molar-refractivity contribution in [1.82, 2.24) is 10.2 Å². The van der Waals surface area contributed by atoms with Gasteiger partial charge in [0, 0.05) is 24.3 Å². The lowest BCUT2D eigenvalue weighted by molar-refractivity contribution is -0.135. The van der Waals surface area contributed by atoms with Crippen molar-refractivity contribution in [3.8, 4) is 0 Å². The van der Waals surface area contributed by atoms with Gasteiger partial charge in [-0.05, 0) is 56.2 Å². The molecule has 2 aliphatic heterocycles. The van der Waals surface area contributed by atoms with Crippen LogP contribution in [-0.4, -0.2) is 47.3 Å². The van der Waals surface area contributed by atoms with Crippen molar-refractivity contribution in [2.75, 3.05) is 23.3 Å². The molecule has 3 fully saturated rings. The first-order valence-electron chi connectivity index (χ1n) is 10.8. The van der Waals surface area contributed by atoms with Gasteiger partial charge in [-0.25, -0.2) is 4.79 Å². The summed E-state index contributed by atoms with van der Waals surface area (Å²) in [5.41, 5.74) is 0.415. The summed E-state index contributed by atoms with van der Waals surface area (Å²) in [4.78, 5) is 52.6. The summed E-state index contributed by atoms with van der Waals surface area (Å²) in [5, 5.41) is 5.59. The number of hydrogen-bond donors (Lipinski definition) is 2. The van der Waals surface area contributed by atoms with Gasteiger partial charge in [-0.2, -0.15) is 0 Å². The van der Waals surface area contributed by atoms with E-state index in [1.54, 1.807) is 23.1 Å². The summed E-state index contributed by atoms with van der Waals surface area (Å²) in [7, 11) is 0. The average molecular weight is 412 g/mol. The Bertz CT molecular complexity index is 876. The molecule has 2 heterocycles. The average Bonchev–Trinajstić information content (AvgIpc) is 3.26. The molecule has 0 bridgehead atoms. The molecule has 0 radical (unpaired) electrons. The second kappa shape index (κ2) is 8.08. The van der Waals surface area contributed by atoms with Crippen LogP contribution in [0.5, 0.6) is 0 Å². The highest BCUT2D eigenvalue weighted by atomic mass is 16.2. The minimum Gasteiger partial charge on any atom is -0.324 e. The van der Waals surface area contributed by atoms with Gasteiger partial charge >= 0.3 is 6.03 Å². The molecule has 1 spiro atoms. The molecule has 8 heteroatoms. The lowest BCUT2D eigenvalue weighted by Gasteiger charge is -2.34. The fourth-order valence-corrected chi connectivity index (χ4v) is 4.75. The number of hydrogen-bond acceptors (Lipinski definition) is 4. The van der Waals surface area contributed by atoms with Crippen molar-refractivity contribution in [1.29, 1.82) is 0 Å². The minimum absolute atomic E-state index is 0.0703. The number of imide groups is 1. The highest BCUT2D eigenvalue weighted by Crippen LogP contribution is 2.37. The predicted octanol–water partition coefficient (Wildman–Crippen LogP) is 2.64. The molecule has 2 saturated heterocycles. The molecule has 8 nitrogen and oxygen atoms in total. The van der Waals surface area contributed by atoms with E-state index in [0.29, 0.717) is 37.4 Å². The zero-order chi connectivity index (χ0) is 21.3. The summed E-state index contributed by atoms with van der Waals surface area (Å²) >= 11 is 0. The largest absolute Gasteiger partial charge is 0.325 e. The van der Waals surface area contributed by atoms with E-state index in [0.717, 1.165) is 36.3 Å². The van der Waals surface area contributed by atoms with E-state index in [9.17, 15) is 19.2 Å². The number of carbonyl (C=O) groups is 4. The van der Waals surface area contributed by atoms with Gasteiger partial charge in [0.1, 0.15) is 12.1 Å². The maximum absolute atomic E-state index is 13.0. The number of amides is 5. The Morgan fingerprint density at radius 1 is 1.23 bits per heavy atom. The predicted molar refractivity (Wildman–Crippen MR) is 112 cm³/mol. The van der Waals surface area contributed by atoms with Crippen molar-refractivity contribution in [2.45, 2.75) is 57.4 Å². The van der Waals surface area contributed by atoms with E-state index in [1.807, 2.05) is 6.07 Å². The maximum Gasteiger partial charge on any atom is 0.325 e. The first kappa shape index (κ1) is 20.4. The molecule has 0 unspecified atom stereocenters. The Labute approximate surface area is 176 Å². The third-order valence-corrected chi connectivity index (χ3v) is 6.60. The van der Waals surface area contributed by atoms with Gasteiger partial charge in [-0.3, -0.25) is 19.3 Å². The lowest BCUT2D eigenvalue weighted by Crippen LogP contribution is -2.49. The summed E-state index contributed by atoms with van der Waals surface area (Å²) in [5.74, 6) is -0.0790. The van der Waals surface area contributed by atoms with Crippen LogP contribution in [0, 0.1) is 5.92 Å². The Morgan fingerprint density at radius 3 is 2.67 bits per heavy atom. The van der Waals surface area contributed by atoms with Crippen LogP contribution in [0.15, 0.2) is 24.3 Å².